The maximum Gasteiger partial charge on any atom is 0.269 e. The fourth-order valence-electron chi connectivity index (χ4n) is 2.16. The van der Waals surface area contributed by atoms with Crippen molar-refractivity contribution in [2.24, 2.45) is 0 Å². The minimum absolute atomic E-state index is 0.0954. The van der Waals surface area contributed by atoms with Crippen LogP contribution in [-0.4, -0.2) is 37.4 Å². The van der Waals surface area contributed by atoms with E-state index in [-0.39, 0.29) is 11.3 Å². The Kier molecular flexibility index (Phi) is 4.34. The van der Waals surface area contributed by atoms with Gasteiger partial charge in [0.2, 0.25) is 0 Å². The van der Waals surface area contributed by atoms with Gasteiger partial charge >= 0.3 is 0 Å². The zero-order valence-electron chi connectivity index (χ0n) is 10.9. The van der Waals surface area contributed by atoms with Crippen molar-refractivity contribution in [3.05, 3.63) is 34.4 Å². The second-order valence-electron chi connectivity index (χ2n) is 4.66. The maximum atomic E-state index is 10.6. The molecule has 0 unspecified atom stereocenters. The van der Waals surface area contributed by atoms with Crippen molar-refractivity contribution >= 4 is 11.4 Å². The van der Waals surface area contributed by atoms with Crippen LogP contribution in [0.1, 0.15) is 12.8 Å². The van der Waals surface area contributed by atoms with Gasteiger partial charge in [0.05, 0.1) is 10.5 Å². The topological polar surface area (TPSA) is 73.6 Å². The van der Waals surface area contributed by atoms with E-state index in [0.717, 1.165) is 18.5 Å². The molecule has 1 saturated heterocycles. The van der Waals surface area contributed by atoms with Gasteiger partial charge in [0.1, 0.15) is 0 Å². The second kappa shape index (κ2) is 5.99. The van der Waals surface area contributed by atoms with Crippen LogP contribution in [-0.2, 0) is 9.47 Å². The van der Waals surface area contributed by atoms with Crippen LogP contribution in [0.15, 0.2) is 24.3 Å². The standard InChI is InChI=1S/C13H18N2O4/c1-18-13(6-8-19-9-7-13)10-14-11-2-4-12(5-3-11)15(16)17/h2-5,14H,6-10H2,1H3. The van der Waals surface area contributed by atoms with Crippen LogP contribution >= 0.6 is 0 Å². The summed E-state index contributed by atoms with van der Waals surface area (Å²) < 4.78 is 10.9. The van der Waals surface area contributed by atoms with Crippen LogP contribution in [0.2, 0.25) is 0 Å². The molecule has 19 heavy (non-hydrogen) atoms. The highest BCUT2D eigenvalue weighted by molar-refractivity contribution is 5.48. The molecule has 1 aromatic rings. The Hall–Kier alpha value is -1.66. The summed E-state index contributed by atoms with van der Waals surface area (Å²) in [5, 5.41) is 13.8. The summed E-state index contributed by atoms with van der Waals surface area (Å²) in [5.74, 6) is 0. The molecule has 104 valence electrons. The zero-order valence-corrected chi connectivity index (χ0v) is 10.9. The number of hydrogen-bond acceptors (Lipinski definition) is 5. The van der Waals surface area contributed by atoms with Crippen LogP contribution in [0.5, 0.6) is 0 Å². The van der Waals surface area contributed by atoms with E-state index in [9.17, 15) is 10.1 Å². The van der Waals surface area contributed by atoms with Crippen molar-refractivity contribution in [2.45, 2.75) is 18.4 Å². The molecular weight excluding hydrogens is 248 g/mol. The number of rotatable bonds is 5. The number of nitrogens with zero attached hydrogens (tertiary/aromatic N) is 1. The van der Waals surface area contributed by atoms with E-state index < -0.39 is 4.92 Å². The molecule has 1 N–H and O–H groups in total. The minimum Gasteiger partial charge on any atom is -0.382 e. The summed E-state index contributed by atoms with van der Waals surface area (Å²) in [5.41, 5.74) is 0.742. The Morgan fingerprint density at radius 1 is 1.37 bits per heavy atom. The quantitative estimate of drug-likeness (QED) is 0.653. The van der Waals surface area contributed by atoms with E-state index >= 15 is 0 Å². The fraction of sp³-hybridized carbons (Fsp3) is 0.538. The van der Waals surface area contributed by atoms with Gasteiger partial charge in [-0.1, -0.05) is 0 Å². The summed E-state index contributed by atoms with van der Waals surface area (Å²) in [6.07, 6.45) is 1.70. The average molecular weight is 266 g/mol. The first-order chi connectivity index (χ1) is 9.15. The number of anilines is 1. The van der Waals surface area contributed by atoms with E-state index in [1.807, 2.05) is 0 Å². The molecule has 1 aliphatic rings. The molecule has 0 saturated carbocycles. The average Bonchev–Trinajstić information content (AvgIpc) is 2.46. The number of methoxy groups -OCH3 is 1. The zero-order chi connectivity index (χ0) is 13.7. The van der Waals surface area contributed by atoms with Crippen molar-refractivity contribution in [1.82, 2.24) is 0 Å². The summed E-state index contributed by atoms with van der Waals surface area (Å²) in [7, 11) is 1.71. The number of nitro benzene ring substituents is 1. The van der Waals surface area contributed by atoms with Gasteiger partial charge in [-0.15, -0.1) is 0 Å². The largest absolute Gasteiger partial charge is 0.382 e. The molecule has 0 bridgehead atoms. The minimum atomic E-state index is -0.404. The number of non-ortho nitro benzene ring substituents is 1. The van der Waals surface area contributed by atoms with Crippen LogP contribution in [0, 0.1) is 10.1 Å². The van der Waals surface area contributed by atoms with E-state index in [1.165, 1.54) is 12.1 Å². The lowest BCUT2D eigenvalue weighted by Crippen LogP contribution is -2.44. The first-order valence-electron chi connectivity index (χ1n) is 6.26. The highest BCUT2D eigenvalue weighted by Crippen LogP contribution is 2.25. The number of ether oxygens (including phenoxy) is 2. The molecule has 1 fully saturated rings. The van der Waals surface area contributed by atoms with Gasteiger partial charge in [-0.2, -0.15) is 0 Å². The van der Waals surface area contributed by atoms with Gasteiger partial charge in [0, 0.05) is 57.5 Å². The first kappa shape index (κ1) is 13.8. The van der Waals surface area contributed by atoms with Crippen molar-refractivity contribution in [2.75, 3.05) is 32.2 Å². The van der Waals surface area contributed by atoms with Crippen LogP contribution in [0.25, 0.3) is 0 Å². The molecule has 1 aliphatic heterocycles. The lowest BCUT2D eigenvalue weighted by Gasteiger charge is -2.36. The summed E-state index contributed by atoms with van der Waals surface area (Å²) in [6, 6.07) is 6.40. The predicted octanol–water partition coefficient (Wildman–Crippen LogP) is 2.20. The normalized spacial score (nSPS) is 17.9. The Bertz CT molecular complexity index is 427. The number of nitro groups is 1. The Morgan fingerprint density at radius 3 is 2.53 bits per heavy atom. The molecule has 1 aromatic carbocycles. The molecular formula is C13H18N2O4. The van der Waals surface area contributed by atoms with Crippen molar-refractivity contribution in [3.63, 3.8) is 0 Å². The molecule has 0 aromatic heterocycles. The number of benzene rings is 1. The van der Waals surface area contributed by atoms with E-state index in [0.29, 0.717) is 19.8 Å². The van der Waals surface area contributed by atoms with Crippen molar-refractivity contribution < 1.29 is 14.4 Å². The summed E-state index contributed by atoms with van der Waals surface area (Å²) >= 11 is 0. The molecule has 1 heterocycles. The van der Waals surface area contributed by atoms with Crippen molar-refractivity contribution in [1.29, 1.82) is 0 Å². The van der Waals surface area contributed by atoms with Crippen LogP contribution < -0.4 is 5.32 Å². The van der Waals surface area contributed by atoms with Gasteiger partial charge in [0.25, 0.3) is 5.69 Å². The van der Waals surface area contributed by atoms with E-state index in [1.54, 1.807) is 19.2 Å². The molecule has 0 aliphatic carbocycles. The molecule has 6 nitrogen and oxygen atoms in total. The van der Waals surface area contributed by atoms with Gasteiger partial charge in [-0.25, -0.2) is 0 Å². The SMILES string of the molecule is COC1(CNc2ccc([N+](=O)[O-])cc2)CCOCC1. The fourth-order valence-corrected chi connectivity index (χ4v) is 2.16. The smallest absolute Gasteiger partial charge is 0.269 e. The third kappa shape index (κ3) is 3.42. The third-order valence-electron chi connectivity index (χ3n) is 3.53. The highest BCUT2D eigenvalue weighted by atomic mass is 16.6. The molecule has 0 atom stereocenters. The number of hydrogen-bond donors (Lipinski definition) is 1. The molecule has 0 radical (unpaired) electrons. The summed E-state index contributed by atoms with van der Waals surface area (Å²) in [6.45, 7) is 2.08. The summed E-state index contributed by atoms with van der Waals surface area (Å²) in [4.78, 5) is 10.2. The Morgan fingerprint density at radius 2 is 2.00 bits per heavy atom. The Labute approximate surface area is 111 Å². The lowest BCUT2D eigenvalue weighted by molar-refractivity contribution is -0.384. The molecule has 2 rings (SSSR count). The van der Waals surface area contributed by atoms with Crippen LogP contribution in [0.4, 0.5) is 11.4 Å². The maximum absolute atomic E-state index is 10.6. The third-order valence-corrected chi connectivity index (χ3v) is 3.53. The second-order valence-corrected chi connectivity index (χ2v) is 4.66. The lowest BCUT2D eigenvalue weighted by atomic mass is 9.94. The molecule has 6 heteroatoms. The molecule has 0 spiro atoms. The Balaban J connectivity index is 1.95. The van der Waals surface area contributed by atoms with Crippen LogP contribution in [0.3, 0.4) is 0 Å². The van der Waals surface area contributed by atoms with Gasteiger partial charge in [-0.3, -0.25) is 10.1 Å². The highest BCUT2D eigenvalue weighted by Gasteiger charge is 2.32. The van der Waals surface area contributed by atoms with Gasteiger partial charge < -0.3 is 14.8 Å². The van der Waals surface area contributed by atoms with Gasteiger partial charge in [0.15, 0.2) is 0 Å². The van der Waals surface area contributed by atoms with Gasteiger partial charge in [-0.05, 0) is 12.1 Å². The first-order valence-corrected chi connectivity index (χ1v) is 6.26. The number of nitrogens with one attached hydrogen (secondary N) is 1. The van der Waals surface area contributed by atoms with Crippen molar-refractivity contribution in [3.8, 4) is 0 Å². The monoisotopic (exact) mass is 266 g/mol. The van der Waals surface area contributed by atoms with E-state index in [4.69, 9.17) is 9.47 Å². The predicted molar refractivity (Wildman–Crippen MR) is 71.4 cm³/mol. The van der Waals surface area contributed by atoms with E-state index in [2.05, 4.69) is 5.32 Å². The molecule has 0 amide bonds.